The molecule has 0 aliphatic carbocycles. The monoisotopic (exact) mass is 302 g/mol. The number of sulfonamides is 1. The van der Waals surface area contributed by atoms with E-state index in [0.29, 0.717) is 18.8 Å². The summed E-state index contributed by atoms with van der Waals surface area (Å²) in [6.07, 6.45) is 1.75. The van der Waals surface area contributed by atoms with Crippen molar-refractivity contribution < 1.29 is 8.42 Å². The van der Waals surface area contributed by atoms with E-state index in [1.165, 1.54) is 11.6 Å². The summed E-state index contributed by atoms with van der Waals surface area (Å²) in [6, 6.07) is 14.5. The first-order valence-electron chi connectivity index (χ1n) is 7.00. The molecule has 0 saturated heterocycles. The van der Waals surface area contributed by atoms with Crippen LogP contribution in [0.1, 0.15) is 17.5 Å². The summed E-state index contributed by atoms with van der Waals surface area (Å²) in [4.78, 5) is 0.266. The van der Waals surface area contributed by atoms with Crippen molar-refractivity contribution in [3.63, 3.8) is 0 Å². The van der Waals surface area contributed by atoms with Gasteiger partial charge in [0, 0.05) is 18.8 Å². The second-order valence-electron chi connectivity index (χ2n) is 5.28. The molecule has 0 bridgehead atoms. The van der Waals surface area contributed by atoms with Crippen molar-refractivity contribution in [1.82, 2.24) is 4.31 Å². The quantitative estimate of drug-likeness (QED) is 0.866. The molecule has 1 aliphatic rings. The van der Waals surface area contributed by atoms with Gasteiger partial charge in [-0.3, -0.25) is 0 Å². The average Bonchev–Trinajstić information content (AvgIpc) is 2.70. The normalized spacial score (nSPS) is 16.2. The lowest BCUT2D eigenvalue weighted by Gasteiger charge is -2.20. The highest BCUT2D eigenvalue weighted by molar-refractivity contribution is 7.89. The first kappa shape index (κ1) is 14.1. The molecule has 0 spiro atoms. The Morgan fingerprint density at radius 3 is 2.52 bits per heavy atom. The van der Waals surface area contributed by atoms with Gasteiger partial charge in [-0.15, -0.1) is 0 Å². The predicted molar refractivity (Wildman–Crippen MR) is 83.2 cm³/mol. The second kappa shape index (κ2) is 5.50. The summed E-state index contributed by atoms with van der Waals surface area (Å²) >= 11 is 0. The van der Waals surface area contributed by atoms with Crippen molar-refractivity contribution in [3.05, 3.63) is 59.7 Å². The molecule has 4 nitrogen and oxygen atoms in total. The lowest BCUT2D eigenvalue weighted by atomic mass is 10.0. The Labute approximate surface area is 125 Å². The highest BCUT2D eigenvalue weighted by atomic mass is 32.2. The fraction of sp³-hybridized carbons (Fsp3) is 0.250. The Hall–Kier alpha value is -1.85. The third kappa shape index (κ3) is 2.80. The first-order chi connectivity index (χ1) is 10.1. The molecule has 0 atom stereocenters. The number of benzene rings is 2. The van der Waals surface area contributed by atoms with Crippen molar-refractivity contribution in [2.75, 3.05) is 12.3 Å². The Bertz CT molecular complexity index is 756. The molecule has 0 fully saturated rings. The van der Waals surface area contributed by atoms with Gasteiger partial charge in [0.15, 0.2) is 0 Å². The number of anilines is 1. The zero-order valence-electron chi connectivity index (χ0n) is 11.7. The Morgan fingerprint density at radius 2 is 1.76 bits per heavy atom. The van der Waals surface area contributed by atoms with E-state index in [2.05, 4.69) is 6.07 Å². The zero-order chi connectivity index (χ0) is 14.9. The van der Waals surface area contributed by atoms with E-state index >= 15 is 0 Å². The van der Waals surface area contributed by atoms with E-state index in [9.17, 15) is 8.42 Å². The lowest BCUT2D eigenvalue weighted by Crippen LogP contribution is -2.30. The van der Waals surface area contributed by atoms with Crippen LogP contribution in [0.2, 0.25) is 0 Å². The van der Waals surface area contributed by atoms with Crippen LogP contribution in [0.5, 0.6) is 0 Å². The maximum atomic E-state index is 12.8. The molecular formula is C16H18N2O2S. The summed E-state index contributed by atoms with van der Waals surface area (Å²) in [7, 11) is -3.50. The Balaban J connectivity index is 1.96. The summed E-state index contributed by atoms with van der Waals surface area (Å²) in [6.45, 7) is 0.957. The summed E-state index contributed by atoms with van der Waals surface area (Å²) in [5, 5.41) is 0. The van der Waals surface area contributed by atoms with Crippen LogP contribution in [0.25, 0.3) is 0 Å². The van der Waals surface area contributed by atoms with Gasteiger partial charge >= 0.3 is 0 Å². The van der Waals surface area contributed by atoms with Gasteiger partial charge in [-0.2, -0.15) is 4.31 Å². The summed E-state index contributed by atoms with van der Waals surface area (Å²) < 4.78 is 27.1. The van der Waals surface area contributed by atoms with E-state index in [4.69, 9.17) is 5.73 Å². The van der Waals surface area contributed by atoms with E-state index in [0.717, 1.165) is 18.4 Å². The van der Waals surface area contributed by atoms with Gasteiger partial charge in [0.1, 0.15) is 0 Å². The second-order valence-corrected chi connectivity index (χ2v) is 7.22. The fourth-order valence-corrected chi connectivity index (χ4v) is 4.21. The maximum absolute atomic E-state index is 12.8. The van der Waals surface area contributed by atoms with Gasteiger partial charge in [0.2, 0.25) is 10.0 Å². The molecule has 1 aliphatic heterocycles. The number of hydrogen-bond acceptors (Lipinski definition) is 3. The molecule has 110 valence electrons. The molecule has 0 radical (unpaired) electrons. The minimum atomic E-state index is -3.50. The molecule has 2 N–H and O–H groups in total. The largest absolute Gasteiger partial charge is 0.399 e. The van der Waals surface area contributed by atoms with Crippen molar-refractivity contribution in [2.45, 2.75) is 24.3 Å². The third-order valence-electron chi connectivity index (χ3n) is 3.81. The van der Waals surface area contributed by atoms with E-state index in [1.54, 1.807) is 22.5 Å². The van der Waals surface area contributed by atoms with Crippen LogP contribution in [-0.2, 0) is 23.0 Å². The minimum absolute atomic E-state index is 0.266. The van der Waals surface area contributed by atoms with Crippen LogP contribution in [0.4, 0.5) is 5.69 Å². The fourth-order valence-electron chi connectivity index (χ4n) is 2.70. The molecule has 5 heteroatoms. The number of aryl methyl sites for hydroxylation is 1. The van der Waals surface area contributed by atoms with Crippen LogP contribution >= 0.6 is 0 Å². The van der Waals surface area contributed by atoms with Crippen LogP contribution in [0, 0.1) is 0 Å². The Morgan fingerprint density at radius 1 is 1.00 bits per heavy atom. The summed E-state index contributed by atoms with van der Waals surface area (Å²) in [5.74, 6) is 0. The van der Waals surface area contributed by atoms with E-state index in [-0.39, 0.29) is 4.90 Å². The van der Waals surface area contributed by atoms with E-state index < -0.39 is 10.0 Å². The number of nitrogens with two attached hydrogens (primary N) is 1. The number of rotatable bonds is 2. The zero-order valence-corrected chi connectivity index (χ0v) is 12.5. The number of hydrogen-bond donors (Lipinski definition) is 1. The topological polar surface area (TPSA) is 63.4 Å². The van der Waals surface area contributed by atoms with Gasteiger partial charge in [0.05, 0.1) is 4.90 Å². The number of nitrogens with zero attached hydrogens (tertiary/aromatic N) is 1. The first-order valence-corrected chi connectivity index (χ1v) is 8.44. The predicted octanol–water partition coefficient (Wildman–Crippen LogP) is 2.41. The van der Waals surface area contributed by atoms with Gasteiger partial charge in [-0.25, -0.2) is 8.42 Å². The smallest absolute Gasteiger partial charge is 0.243 e. The van der Waals surface area contributed by atoms with Gasteiger partial charge in [-0.05, 0) is 42.2 Å². The molecule has 0 aromatic heterocycles. The average molecular weight is 302 g/mol. The molecule has 2 aromatic rings. The van der Waals surface area contributed by atoms with Crippen molar-refractivity contribution in [2.24, 2.45) is 0 Å². The highest BCUT2D eigenvalue weighted by Gasteiger charge is 2.26. The highest BCUT2D eigenvalue weighted by Crippen LogP contribution is 2.25. The number of fused-ring (bicyclic) bond motifs is 1. The molecular weight excluding hydrogens is 284 g/mol. The molecule has 3 rings (SSSR count). The van der Waals surface area contributed by atoms with Crippen LogP contribution < -0.4 is 5.73 Å². The van der Waals surface area contributed by atoms with Crippen molar-refractivity contribution in [1.29, 1.82) is 0 Å². The van der Waals surface area contributed by atoms with Crippen LogP contribution in [0.15, 0.2) is 53.4 Å². The lowest BCUT2D eigenvalue weighted by molar-refractivity contribution is 0.410. The SMILES string of the molecule is Nc1cccc(S(=O)(=O)N2CCCc3ccccc3C2)c1. The van der Waals surface area contributed by atoms with Gasteiger partial charge in [-0.1, -0.05) is 30.3 Å². The Kier molecular flexibility index (Phi) is 3.69. The molecule has 1 heterocycles. The molecule has 2 aromatic carbocycles. The van der Waals surface area contributed by atoms with Crippen molar-refractivity contribution >= 4 is 15.7 Å². The molecule has 21 heavy (non-hydrogen) atoms. The standard InChI is InChI=1S/C16H18N2O2S/c17-15-8-3-9-16(11-15)21(19,20)18-10-4-7-13-5-1-2-6-14(13)12-18/h1-3,5-6,8-9,11H,4,7,10,12,17H2. The van der Waals surface area contributed by atoms with E-state index in [1.807, 2.05) is 18.2 Å². The van der Waals surface area contributed by atoms with Crippen LogP contribution in [0.3, 0.4) is 0 Å². The molecule has 0 unspecified atom stereocenters. The van der Waals surface area contributed by atoms with Crippen molar-refractivity contribution in [3.8, 4) is 0 Å². The summed E-state index contributed by atoms with van der Waals surface area (Å²) in [5.41, 5.74) is 8.50. The maximum Gasteiger partial charge on any atom is 0.243 e. The van der Waals surface area contributed by atoms with Gasteiger partial charge < -0.3 is 5.73 Å². The third-order valence-corrected chi connectivity index (χ3v) is 5.66. The number of nitrogen functional groups attached to an aromatic ring is 1. The molecule has 0 amide bonds. The minimum Gasteiger partial charge on any atom is -0.399 e. The van der Waals surface area contributed by atoms with Gasteiger partial charge in [0.25, 0.3) is 0 Å². The molecule has 0 saturated carbocycles. The van der Waals surface area contributed by atoms with Crippen LogP contribution in [-0.4, -0.2) is 19.3 Å².